The predicted octanol–water partition coefficient (Wildman–Crippen LogP) is 5.93. The van der Waals surface area contributed by atoms with E-state index in [9.17, 15) is 29.1 Å². The SMILES string of the molecule is CC(C)(C)c1cc(COP(=O)([O-])O)cc(C(C)(C)C)c1O.CC(C)(C)c1cc(COP(=O)([O-])O)cc(C(C)(C)C)c1O.[Ni+2]. The van der Waals surface area contributed by atoms with E-state index in [2.05, 4.69) is 9.05 Å². The van der Waals surface area contributed by atoms with Crippen LogP contribution >= 0.6 is 15.6 Å². The van der Waals surface area contributed by atoms with Crippen LogP contribution in [0, 0.1) is 0 Å². The second kappa shape index (κ2) is 14.5. The zero-order valence-electron chi connectivity index (χ0n) is 27.2. The molecular weight excluding hydrogens is 641 g/mol. The van der Waals surface area contributed by atoms with Crippen LogP contribution in [0.4, 0.5) is 0 Å². The van der Waals surface area contributed by atoms with Crippen molar-refractivity contribution in [1.82, 2.24) is 0 Å². The Hall–Kier alpha value is -1.25. The van der Waals surface area contributed by atoms with Crippen molar-refractivity contribution >= 4 is 15.6 Å². The molecule has 0 aliphatic heterocycles. The summed E-state index contributed by atoms with van der Waals surface area (Å²) in [5.41, 5.74) is 2.82. The molecule has 0 amide bonds. The van der Waals surface area contributed by atoms with E-state index in [0.717, 1.165) is 0 Å². The molecule has 2 aromatic carbocycles. The van der Waals surface area contributed by atoms with Gasteiger partial charge >= 0.3 is 16.5 Å². The monoisotopic (exact) mass is 688 g/mol. The van der Waals surface area contributed by atoms with Gasteiger partial charge < -0.3 is 38.8 Å². The Labute approximate surface area is 266 Å². The number of hydrogen-bond donors (Lipinski definition) is 4. The van der Waals surface area contributed by atoms with Gasteiger partial charge in [0.15, 0.2) is 0 Å². The average Bonchev–Trinajstić information content (AvgIpc) is 2.73. The fourth-order valence-corrected chi connectivity index (χ4v) is 4.78. The Morgan fingerprint density at radius 1 is 0.558 bits per heavy atom. The molecule has 13 heteroatoms. The molecule has 0 aliphatic rings. The minimum atomic E-state index is -4.77. The topological polar surface area (TPSA) is 180 Å². The van der Waals surface area contributed by atoms with Gasteiger partial charge in [0, 0.05) is 0 Å². The maximum absolute atomic E-state index is 10.7. The molecule has 43 heavy (non-hydrogen) atoms. The molecule has 2 aromatic rings. The molecule has 0 fully saturated rings. The van der Waals surface area contributed by atoms with Crippen molar-refractivity contribution in [1.29, 1.82) is 0 Å². The molecule has 2 unspecified atom stereocenters. The number of benzene rings is 2. The number of aromatic hydroxyl groups is 2. The molecule has 2 rings (SSSR count). The van der Waals surface area contributed by atoms with E-state index < -0.39 is 15.6 Å². The number of rotatable bonds is 6. The zero-order valence-corrected chi connectivity index (χ0v) is 29.9. The first-order valence-electron chi connectivity index (χ1n) is 13.5. The van der Waals surface area contributed by atoms with Crippen molar-refractivity contribution in [2.24, 2.45) is 0 Å². The van der Waals surface area contributed by atoms with Crippen molar-refractivity contribution < 1.29 is 64.5 Å². The molecule has 2 atom stereocenters. The van der Waals surface area contributed by atoms with E-state index in [1.807, 2.05) is 83.1 Å². The van der Waals surface area contributed by atoms with Crippen LogP contribution in [0.5, 0.6) is 11.5 Å². The van der Waals surface area contributed by atoms with Gasteiger partial charge in [-0.3, -0.25) is 9.13 Å². The summed E-state index contributed by atoms with van der Waals surface area (Å²) >= 11 is 0. The van der Waals surface area contributed by atoms with Gasteiger partial charge in [-0.15, -0.1) is 0 Å². The molecule has 0 spiro atoms. The molecule has 0 heterocycles. The first-order chi connectivity index (χ1) is 18.4. The van der Waals surface area contributed by atoms with Crippen LogP contribution in [-0.4, -0.2) is 20.0 Å². The Morgan fingerprint density at radius 2 is 0.744 bits per heavy atom. The predicted molar refractivity (Wildman–Crippen MR) is 160 cm³/mol. The Kier molecular flexibility index (Phi) is 14.0. The first-order valence-corrected chi connectivity index (χ1v) is 16.5. The summed E-state index contributed by atoms with van der Waals surface area (Å²) in [6.45, 7) is 23.0. The van der Waals surface area contributed by atoms with E-state index in [-0.39, 0.29) is 62.9 Å². The molecule has 248 valence electrons. The standard InChI is InChI=1S/2C15H25O5P.Ni/c2*1-14(2,3)11-7-10(9-20-21(17,18)19)8-12(13(11)16)15(4,5)6;/h2*7-8,16H,9H2,1-6H3,(H2,17,18,19);/q;;+2/p-2. The van der Waals surface area contributed by atoms with Crippen LogP contribution in [0.1, 0.15) is 116 Å². The second-order valence-electron chi connectivity index (χ2n) is 14.6. The van der Waals surface area contributed by atoms with Gasteiger partial charge in [-0.25, -0.2) is 0 Å². The molecule has 0 saturated carbocycles. The average molecular weight is 689 g/mol. The molecule has 0 aliphatic carbocycles. The van der Waals surface area contributed by atoms with E-state index in [4.69, 9.17) is 9.79 Å². The summed E-state index contributed by atoms with van der Waals surface area (Å²) < 4.78 is 30.4. The van der Waals surface area contributed by atoms with Crippen molar-refractivity contribution in [3.63, 3.8) is 0 Å². The van der Waals surface area contributed by atoms with E-state index in [0.29, 0.717) is 33.4 Å². The number of phosphoric acid groups is 2. The molecule has 0 bridgehead atoms. The van der Waals surface area contributed by atoms with Crippen molar-refractivity contribution in [3.05, 3.63) is 57.6 Å². The minimum Gasteiger partial charge on any atom is -0.756 e. The largest absolute Gasteiger partial charge is 2.00 e. The summed E-state index contributed by atoms with van der Waals surface area (Å²) in [6.07, 6.45) is 0. The summed E-state index contributed by atoms with van der Waals surface area (Å²) in [5.74, 6) is 0.432. The molecular formula is C30H48NiO10P2. The van der Waals surface area contributed by atoms with Crippen LogP contribution in [-0.2, 0) is 69.5 Å². The Morgan fingerprint density at radius 3 is 0.884 bits per heavy atom. The van der Waals surface area contributed by atoms with Crippen LogP contribution in [0.25, 0.3) is 0 Å². The van der Waals surface area contributed by atoms with Crippen LogP contribution in [0.15, 0.2) is 24.3 Å². The van der Waals surface area contributed by atoms with Gasteiger partial charge in [0.2, 0.25) is 0 Å². The summed E-state index contributed by atoms with van der Waals surface area (Å²) in [5, 5.41) is 21.0. The van der Waals surface area contributed by atoms with E-state index in [1.54, 1.807) is 24.3 Å². The van der Waals surface area contributed by atoms with Crippen molar-refractivity contribution in [3.8, 4) is 11.5 Å². The normalized spacial score (nSPS) is 15.4. The van der Waals surface area contributed by atoms with Gasteiger partial charge in [0.1, 0.15) is 11.5 Å². The first kappa shape index (κ1) is 41.8. The van der Waals surface area contributed by atoms with Gasteiger partial charge in [0.25, 0.3) is 15.6 Å². The van der Waals surface area contributed by atoms with Crippen LogP contribution < -0.4 is 9.79 Å². The molecule has 0 aromatic heterocycles. The zero-order chi connectivity index (χ0) is 33.3. The van der Waals surface area contributed by atoms with Crippen molar-refractivity contribution in [2.45, 2.75) is 118 Å². The smallest absolute Gasteiger partial charge is 0.756 e. The van der Waals surface area contributed by atoms with Gasteiger partial charge in [-0.05, 0) is 79.3 Å². The number of phenolic OH excluding ortho intramolecular Hbond substituents is 2. The maximum Gasteiger partial charge on any atom is 2.00 e. The molecule has 0 saturated heterocycles. The molecule has 10 nitrogen and oxygen atoms in total. The van der Waals surface area contributed by atoms with Gasteiger partial charge in [-0.2, -0.15) is 0 Å². The van der Waals surface area contributed by atoms with Crippen LogP contribution in [0.2, 0.25) is 0 Å². The summed E-state index contributed by atoms with van der Waals surface area (Å²) in [6, 6.07) is 6.83. The number of phenols is 2. The number of phosphoric ester groups is 2. The summed E-state index contributed by atoms with van der Waals surface area (Å²) in [7, 11) is -9.53. The van der Waals surface area contributed by atoms with Crippen molar-refractivity contribution in [2.75, 3.05) is 0 Å². The Balaban J connectivity index is 0.000000802. The Bertz CT molecular complexity index is 1160. The third-order valence-corrected chi connectivity index (χ3v) is 7.27. The second-order valence-corrected chi connectivity index (χ2v) is 17.0. The van der Waals surface area contributed by atoms with Gasteiger partial charge in [-0.1, -0.05) is 83.1 Å². The minimum absolute atomic E-state index is 0. The third-order valence-electron chi connectivity index (χ3n) is 6.36. The third kappa shape index (κ3) is 13.7. The quantitative estimate of drug-likeness (QED) is 0.210. The van der Waals surface area contributed by atoms with Crippen LogP contribution in [0.3, 0.4) is 0 Å². The molecule has 4 N–H and O–H groups in total. The fourth-order valence-electron chi connectivity index (χ4n) is 4.15. The van der Waals surface area contributed by atoms with E-state index >= 15 is 0 Å². The molecule has 0 radical (unpaired) electrons. The number of hydrogen-bond acceptors (Lipinski definition) is 8. The van der Waals surface area contributed by atoms with Gasteiger partial charge in [0.05, 0.1) is 13.2 Å². The van der Waals surface area contributed by atoms with E-state index in [1.165, 1.54) is 0 Å². The fraction of sp³-hybridized carbons (Fsp3) is 0.600. The summed E-state index contributed by atoms with van der Waals surface area (Å²) in [4.78, 5) is 38.9. The maximum atomic E-state index is 10.7.